The molecule has 0 aliphatic heterocycles. The van der Waals surface area contributed by atoms with Crippen LogP contribution in [0.4, 0.5) is 0 Å². The monoisotopic (exact) mass is 395 g/mol. The lowest BCUT2D eigenvalue weighted by molar-refractivity contribution is -0.168. The van der Waals surface area contributed by atoms with Crippen molar-refractivity contribution in [3.63, 3.8) is 0 Å². The maximum Gasteiger partial charge on any atom is 0.307 e. The zero-order chi connectivity index (χ0) is 20.6. The number of carbonyl (C=O) groups is 1. The zero-order valence-electron chi connectivity index (χ0n) is 17.7. The van der Waals surface area contributed by atoms with Crippen LogP contribution in [0, 0.1) is 41.4 Å². The molecular weight excluding hydrogens is 362 g/mol. The summed E-state index contributed by atoms with van der Waals surface area (Å²) in [5, 5.41) is 12.6. The molecule has 0 spiro atoms. The van der Waals surface area contributed by atoms with E-state index in [2.05, 4.69) is 30.2 Å². The van der Waals surface area contributed by atoms with Crippen LogP contribution in [0.25, 0.3) is 0 Å². The first-order valence-electron chi connectivity index (χ1n) is 11.3. The molecule has 0 unspecified atom stereocenters. The van der Waals surface area contributed by atoms with Crippen molar-refractivity contribution in [3.05, 3.63) is 23.8 Å². The van der Waals surface area contributed by atoms with Gasteiger partial charge in [-0.1, -0.05) is 36.6 Å². The Kier molecular flexibility index (Phi) is 5.36. The Labute approximate surface area is 174 Å². The number of nitrogens with zero attached hydrogens (tertiary/aromatic N) is 1. The van der Waals surface area contributed by atoms with E-state index in [1.54, 1.807) is 0 Å². The van der Waals surface area contributed by atoms with Gasteiger partial charge in [-0.05, 0) is 87.2 Å². The van der Waals surface area contributed by atoms with Crippen molar-refractivity contribution in [1.82, 2.24) is 0 Å². The molecule has 0 aromatic rings. The average Bonchev–Trinajstić information content (AvgIpc) is 3.08. The van der Waals surface area contributed by atoms with Crippen LogP contribution in [0.2, 0.25) is 0 Å². The van der Waals surface area contributed by atoms with Crippen LogP contribution in [0.1, 0.15) is 71.6 Å². The first-order valence-corrected chi connectivity index (χ1v) is 11.3. The van der Waals surface area contributed by atoms with Crippen molar-refractivity contribution in [3.8, 4) is 12.3 Å². The van der Waals surface area contributed by atoms with E-state index in [1.807, 2.05) is 13.0 Å². The SMILES string of the molecule is C#C[C@]1(OC(=O)CCC)C=C[C@H]2[C@@H]3CCC4=C/C(=N/O)CC[C@@H]4[C@H]3CC[C@@]21CC. The summed E-state index contributed by atoms with van der Waals surface area (Å²) in [5.41, 5.74) is 1.21. The molecule has 4 nitrogen and oxygen atoms in total. The normalized spacial score (nSPS) is 41.7. The summed E-state index contributed by atoms with van der Waals surface area (Å²) < 4.78 is 6.05. The Morgan fingerprint density at radius 2 is 2.14 bits per heavy atom. The van der Waals surface area contributed by atoms with Gasteiger partial charge in [-0.15, -0.1) is 6.42 Å². The molecule has 2 saturated carbocycles. The van der Waals surface area contributed by atoms with Gasteiger partial charge in [-0.25, -0.2) is 0 Å². The highest BCUT2D eigenvalue weighted by Gasteiger charge is 2.63. The Balaban J connectivity index is 1.63. The summed E-state index contributed by atoms with van der Waals surface area (Å²) in [5.74, 6) is 4.94. The number of terminal acetylenes is 1. The summed E-state index contributed by atoms with van der Waals surface area (Å²) in [4.78, 5) is 12.4. The number of esters is 1. The summed E-state index contributed by atoms with van der Waals surface area (Å²) in [6, 6.07) is 0. The number of ether oxygens (including phenoxy) is 1. The Bertz CT molecular complexity index is 803. The molecule has 4 rings (SSSR count). The molecule has 6 atom stereocenters. The lowest BCUT2D eigenvalue weighted by Gasteiger charge is -2.56. The minimum atomic E-state index is -0.900. The van der Waals surface area contributed by atoms with Gasteiger partial charge in [0, 0.05) is 11.8 Å². The van der Waals surface area contributed by atoms with E-state index in [9.17, 15) is 10.0 Å². The molecule has 0 aromatic heterocycles. The van der Waals surface area contributed by atoms with E-state index in [0.717, 1.165) is 57.1 Å². The molecule has 4 aliphatic rings. The molecule has 0 saturated heterocycles. The van der Waals surface area contributed by atoms with Gasteiger partial charge < -0.3 is 9.94 Å². The van der Waals surface area contributed by atoms with Crippen LogP contribution in [-0.4, -0.2) is 22.5 Å². The fraction of sp³-hybridized carbons (Fsp3) is 0.680. The molecule has 2 fully saturated rings. The minimum absolute atomic E-state index is 0.178. The summed E-state index contributed by atoms with van der Waals surface area (Å²) in [7, 11) is 0. The van der Waals surface area contributed by atoms with Crippen LogP contribution in [-0.2, 0) is 9.53 Å². The Morgan fingerprint density at radius 3 is 2.83 bits per heavy atom. The molecule has 0 bridgehead atoms. The molecule has 4 heteroatoms. The van der Waals surface area contributed by atoms with Crippen molar-refractivity contribution in [2.45, 2.75) is 77.2 Å². The highest BCUT2D eigenvalue weighted by Crippen LogP contribution is 2.64. The second kappa shape index (κ2) is 7.67. The average molecular weight is 396 g/mol. The molecule has 1 N–H and O–H groups in total. The summed E-state index contributed by atoms with van der Waals surface area (Å²) in [6.45, 7) is 4.20. The van der Waals surface area contributed by atoms with Gasteiger partial charge in [0.2, 0.25) is 0 Å². The van der Waals surface area contributed by atoms with Crippen LogP contribution in [0.5, 0.6) is 0 Å². The van der Waals surface area contributed by atoms with Crippen LogP contribution in [0.3, 0.4) is 0 Å². The molecular formula is C25H33NO3. The molecule has 0 radical (unpaired) electrons. The number of rotatable bonds is 4. The van der Waals surface area contributed by atoms with Gasteiger partial charge in [-0.3, -0.25) is 4.79 Å². The second-order valence-corrected chi connectivity index (χ2v) is 9.36. The number of oxime groups is 1. The van der Waals surface area contributed by atoms with Crippen molar-refractivity contribution >= 4 is 11.7 Å². The smallest absolute Gasteiger partial charge is 0.307 e. The van der Waals surface area contributed by atoms with Gasteiger partial charge in [0.05, 0.1) is 5.71 Å². The second-order valence-electron chi connectivity index (χ2n) is 9.36. The summed E-state index contributed by atoms with van der Waals surface area (Å²) in [6.07, 6.45) is 20.9. The third-order valence-corrected chi connectivity index (χ3v) is 8.38. The van der Waals surface area contributed by atoms with Crippen molar-refractivity contribution in [2.24, 2.45) is 34.2 Å². The maximum absolute atomic E-state index is 12.4. The van der Waals surface area contributed by atoms with Crippen LogP contribution >= 0.6 is 0 Å². The topological polar surface area (TPSA) is 58.9 Å². The van der Waals surface area contributed by atoms with Gasteiger partial charge in [0.15, 0.2) is 5.60 Å². The fourth-order valence-electron chi connectivity index (χ4n) is 7.05. The first kappa shape index (κ1) is 20.3. The van der Waals surface area contributed by atoms with Crippen LogP contribution < -0.4 is 0 Å². The van der Waals surface area contributed by atoms with E-state index in [0.29, 0.717) is 30.1 Å². The largest absolute Gasteiger partial charge is 0.441 e. The van der Waals surface area contributed by atoms with Crippen molar-refractivity contribution in [1.29, 1.82) is 0 Å². The fourth-order valence-corrected chi connectivity index (χ4v) is 7.05. The Morgan fingerprint density at radius 1 is 1.31 bits per heavy atom. The number of hydrogen-bond acceptors (Lipinski definition) is 4. The van der Waals surface area contributed by atoms with E-state index >= 15 is 0 Å². The molecule has 4 aliphatic carbocycles. The maximum atomic E-state index is 12.4. The van der Waals surface area contributed by atoms with Crippen molar-refractivity contribution in [2.75, 3.05) is 0 Å². The lowest BCUT2D eigenvalue weighted by atomic mass is 9.49. The number of fused-ring (bicyclic) bond motifs is 5. The summed E-state index contributed by atoms with van der Waals surface area (Å²) >= 11 is 0. The number of allylic oxidation sites excluding steroid dienone is 3. The van der Waals surface area contributed by atoms with E-state index in [1.165, 1.54) is 5.57 Å². The molecule has 0 heterocycles. The van der Waals surface area contributed by atoms with E-state index in [4.69, 9.17) is 11.2 Å². The third-order valence-electron chi connectivity index (χ3n) is 8.38. The predicted molar refractivity (Wildman–Crippen MR) is 113 cm³/mol. The number of carbonyl (C=O) groups excluding carboxylic acids is 1. The predicted octanol–water partition coefficient (Wildman–Crippen LogP) is 5.27. The lowest BCUT2D eigenvalue weighted by Crippen LogP contribution is -2.55. The van der Waals surface area contributed by atoms with E-state index < -0.39 is 5.60 Å². The van der Waals surface area contributed by atoms with Crippen molar-refractivity contribution < 1.29 is 14.7 Å². The Hall–Kier alpha value is -2.02. The highest BCUT2D eigenvalue weighted by molar-refractivity contribution is 5.96. The zero-order valence-corrected chi connectivity index (χ0v) is 17.7. The molecule has 156 valence electrons. The third kappa shape index (κ3) is 2.97. The first-order chi connectivity index (χ1) is 14.0. The van der Waals surface area contributed by atoms with Gasteiger partial charge >= 0.3 is 5.97 Å². The van der Waals surface area contributed by atoms with Gasteiger partial charge in [-0.2, -0.15) is 0 Å². The van der Waals surface area contributed by atoms with Gasteiger partial charge in [0.25, 0.3) is 0 Å². The molecule has 0 amide bonds. The minimum Gasteiger partial charge on any atom is -0.441 e. The standard InChI is InChI=1S/C25H33NO3/c1-4-7-23(27)29-25(6-3)15-13-22-21-10-8-17-16-18(26-28)9-11-19(17)20(21)12-14-24(22,25)5-2/h3,13,15-16,19-22,28H,4-5,7-12,14H2,1-2H3/b26-18+/t19-,20+,21+,22-,24-,25-/m0/s1. The molecule has 29 heavy (non-hydrogen) atoms. The van der Waals surface area contributed by atoms with E-state index in [-0.39, 0.29) is 11.4 Å². The molecule has 0 aromatic carbocycles. The highest BCUT2D eigenvalue weighted by atomic mass is 16.6. The number of hydrogen-bond donors (Lipinski definition) is 1. The quantitative estimate of drug-likeness (QED) is 0.232. The van der Waals surface area contributed by atoms with Gasteiger partial charge in [0.1, 0.15) is 0 Å². The van der Waals surface area contributed by atoms with Crippen LogP contribution in [0.15, 0.2) is 29.0 Å².